The maximum Gasteiger partial charge on any atom is 0.272 e. The number of halogens is 2. The molecule has 0 aliphatic rings. The normalized spacial score (nSPS) is 11.0. The third-order valence-electron chi connectivity index (χ3n) is 4.09. The summed E-state index contributed by atoms with van der Waals surface area (Å²) < 4.78 is 27.4. The zero-order valence-electron chi connectivity index (χ0n) is 15.8. The van der Waals surface area contributed by atoms with Crippen molar-refractivity contribution in [2.24, 2.45) is 0 Å². The molecule has 0 aliphatic carbocycles. The van der Waals surface area contributed by atoms with Crippen molar-refractivity contribution in [2.75, 3.05) is 5.32 Å². The molecule has 0 spiro atoms. The molecule has 0 saturated heterocycles. The summed E-state index contributed by atoms with van der Waals surface area (Å²) in [6, 6.07) is 15.6. The Hall–Kier alpha value is -4.40. The maximum atomic E-state index is 14.0. The van der Waals surface area contributed by atoms with Crippen LogP contribution in [0, 0.1) is 21.7 Å². The first-order chi connectivity index (χ1) is 14.8. The predicted octanol–water partition coefficient (Wildman–Crippen LogP) is 4.28. The van der Waals surface area contributed by atoms with Gasteiger partial charge in [-0.05, 0) is 42.0 Å². The SMILES string of the molecule is O=C(Nc1cccc(F)c1)C(=Cc1cccc([N+](=O)[O-])c1)NC(=O)c1ccccc1F. The van der Waals surface area contributed by atoms with Crippen LogP contribution in [0.15, 0.2) is 78.5 Å². The van der Waals surface area contributed by atoms with Gasteiger partial charge in [0.2, 0.25) is 0 Å². The first-order valence-electron chi connectivity index (χ1n) is 8.92. The second-order valence-electron chi connectivity index (χ2n) is 6.31. The average Bonchev–Trinajstić information content (AvgIpc) is 2.73. The Bertz CT molecular complexity index is 1190. The highest BCUT2D eigenvalue weighted by molar-refractivity contribution is 6.10. The van der Waals surface area contributed by atoms with Gasteiger partial charge in [-0.1, -0.05) is 30.3 Å². The number of nitrogens with one attached hydrogen (secondary N) is 2. The lowest BCUT2D eigenvalue weighted by atomic mass is 10.1. The minimum atomic E-state index is -0.899. The monoisotopic (exact) mass is 423 g/mol. The molecule has 0 aromatic heterocycles. The van der Waals surface area contributed by atoms with E-state index in [2.05, 4.69) is 10.6 Å². The number of nitro groups is 1. The molecular formula is C22H15F2N3O4. The molecule has 0 saturated carbocycles. The Morgan fingerprint density at radius 3 is 2.39 bits per heavy atom. The van der Waals surface area contributed by atoms with Crippen molar-refractivity contribution in [1.29, 1.82) is 0 Å². The lowest BCUT2D eigenvalue weighted by Gasteiger charge is -2.12. The molecule has 156 valence electrons. The minimum Gasteiger partial charge on any atom is -0.321 e. The van der Waals surface area contributed by atoms with E-state index < -0.39 is 28.4 Å². The number of carbonyl (C=O) groups excluding carboxylic acids is 2. The summed E-state index contributed by atoms with van der Waals surface area (Å²) in [5, 5.41) is 15.7. The van der Waals surface area contributed by atoms with Gasteiger partial charge in [0.15, 0.2) is 0 Å². The smallest absolute Gasteiger partial charge is 0.272 e. The number of rotatable bonds is 6. The van der Waals surface area contributed by atoms with Crippen LogP contribution in [0.4, 0.5) is 20.2 Å². The van der Waals surface area contributed by atoms with Gasteiger partial charge in [-0.3, -0.25) is 19.7 Å². The lowest BCUT2D eigenvalue weighted by molar-refractivity contribution is -0.384. The predicted molar refractivity (Wildman–Crippen MR) is 110 cm³/mol. The molecule has 2 amide bonds. The Balaban J connectivity index is 1.95. The molecule has 9 heteroatoms. The molecule has 0 radical (unpaired) electrons. The van der Waals surface area contributed by atoms with Crippen molar-refractivity contribution in [3.05, 3.63) is 111 Å². The third-order valence-corrected chi connectivity index (χ3v) is 4.09. The van der Waals surface area contributed by atoms with Gasteiger partial charge in [-0.25, -0.2) is 8.78 Å². The molecular weight excluding hydrogens is 408 g/mol. The number of hydrogen-bond donors (Lipinski definition) is 2. The number of amides is 2. The Morgan fingerprint density at radius 2 is 1.68 bits per heavy atom. The summed E-state index contributed by atoms with van der Waals surface area (Å²) in [7, 11) is 0. The van der Waals surface area contributed by atoms with Crippen LogP contribution in [0.5, 0.6) is 0 Å². The minimum absolute atomic E-state index is 0.120. The van der Waals surface area contributed by atoms with Gasteiger partial charge in [0.25, 0.3) is 17.5 Å². The van der Waals surface area contributed by atoms with E-state index in [0.29, 0.717) is 0 Å². The van der Waals surface area contributed by atoms with Crippen molar-refractivity contribution in [2.45, 2.75) is 0 Å². The second-order valence-corrected chi connectivity index (χ2v) is 6.31. The zero-order valence-corrected chi connectivity index (χ0v) is 15.8. The average molecular weight is 423 g/mol. The molecule has 3 aromatic rings. The van der Waals surface area contributed by atoms with Gasteiger partial charge in [-0.2, -0.15) is 0 Å². The van der Waals surface area contributed by atoms with Crippen molar-refractivity contribution >= 4 is 29.3 Å². The van der Waals surface area contributed by atoms with E-state index in [-0.39, 0.29) is 28.2 Å². The Kier molecular flexibility index (Phi) is 6.46. The molecule has 0 unspecified atom stereocenters. The summed E-state index contributed by atoms with van der Waals surface area (Å²) in [6.45, 7) is 0. The first-order valence-corrected chi connectivity index (χ1v) is 8.92. The Labute approximate surface area is 175 Å². The van der Waals surface area contributed by atoms with Gasteiger partial charge < -0.3 is 10.6 Å². The molecule has 0 heterocycles. The number of anilines is 1. The number of non-ortho nitro benzene ring substituents is 1. The molecule has 0 bridgehead atoms. The van der Waals surface area contributed by atoms with Gasteiger partial charge in [0, 0.05) is 17.8 Å². The molecule has 2 N–H and O–H groups in total. The molecule has 7 nitrogen and oxygen atoms in total. The summed E-state index contributed by atoms with van der Waals surface area (Å²) in [4.78, 5) is 35.7. The van der Waals surface area contributed by atoms with E-state index in [4.69, 9.17) is 0 Å². The molecule has 3 aromatic carbocycles. The van der Waals surface area contributed by atoms with Gasteiger partial charge >= 0.3 is 0 Å². The topological polar surface area (TPSA) is 101 Å². The van der Waals surface area contributed by atoms with Crippen molar-refractivity contribution in [3.63, 3.8) is 0 Å². The van der Waals surface area contributed by atoms with E-state index >= 15 is 0 Å². The van der Waals surface area contributed by atoms with Crippen molar-refractivity contribution in [3.8, 4) is 0 Å². The third kappa shape index (κ3) is 5.57. The summed E-state index contributed by atoms with van der Waals surface area (Å²) in [6.07, 6.45) is 1.19. The fourth-order valence-corrected chi connectivity index (χ4v) is 2.65. The maximum absolute atomic E-state index is 14.0. The van der Waals surface area contributed by atoms with Gasteiger partial charge in [0.05, 0.1) is 10.5 Å². The largest absolute Gasteiger partial charge is 0.321 e. The van der Waals surface area contributed by atoms with E-state index in [1.165, 1.54) is 66.7 Å². The number of nitro benzene ring substituents is 1. The molecule has 0 atom stereocenters. The fraction of sp³-hybridized carbons (Fsp3) is 0. The van der Waals surface area contributed by atoms with Crippen molar-refractivity contribution in [1.82, 2.24) is 5.32 Å². The van der Waals surface area contributed by atoms with Crippen LogP contribution in [0.25, 0.3) is 6.08 Å². The van der Waals surface area contributed by atoms with E-state index in [9.17, 15) is 28.5 Å². The van der Waals surface area contributed by atoms with Crippen LogP contribution in [0.1, 0.15) is 15.9 Å². The standard InChI is InChI=1S/C22H15F2N3O4/c23-15-6-4-7-16(13-15)25-22(29)20(12-14-5-3-8-17(11-14)27(30)31)26-21(28)18-9-1-2-10-19(18)24/h1-13H,(H,25,29)(H,26,28). The lowest BCUT2D eigenvalue weighted by Crippen LogP contribution is -2.31. The van der Waals surface area contributed by atoms with E-state index in [1.54, 1.807) is 0 Å². The number of hydrogen-bond acceptors (Lipinski definition) is 4. The number of carbonyl (C=O) groups is 2. The molecule has 0 aliphatic heterocycles. The van der Waals surface area contributed by atoms with Crippen LogP contribution in [-0.2, 0) is 4.79 Å². The van der Waals surface area contributed by atoms with E-state index in [0.717, 1.165) is 12.1 Å². The van der Waals surface area contributed by atoms with Crippen molar-refractivity contribution < 1.29 is 23.3 Å². The highest BCUT2D eigenvalue weighted by Crippen LogP contribution is 2.17. The van der Waals surface area contributed by atoms with Crippen LogP contribution in [0.2, 0.25) is 0 Å². The molecule has 31 heavy (non-hydrogen) atoms. The fourth-order valence-electron chi connectivity index (χ4n) is 2.65. The Morgan fingerprint density at radius 1 is 0.935 bits per heavy atom. The van der Waals surface area contributed by atoms with Gasteiger partial charge in [-0.15, -0.1) is 0 Å². The first kappa shape index (κ1) is 21.3. The van der Waals surface area contributed by atoms with Crippen LogP contribution < -0.4 is 10.6 Å². The molecule has 0 fully saturated rings. The highest BCUT2D eigenvalue weighted by atomic mass is 19.1. The van der Waals surface area contributed by atoms with Crippen LogP contribution >= 0.6 is 0 Å². The quantitative estimate of drug-likeness (QED) is 0.351. The van der Waals surface area contributed by atoms with Gasteiger partial charge in [0.1, 0.15) is 17.3 Å². The highest BCUT2D eigenvalue weighted by Gasteiger charge is 2.18. The van der Waals surface area contributed by atoms with E-state index in [1.807, 2.05) is 0 Å². The number of benzene rings is 3. The summed E-state index contributed by atoms with van der Waals surface area (Å²) in [5.74, 6) is -3.11. The summed E-state index contributed by atoms with van der Waals surface area (Å²) >= 11 is 0. The zero-order chi connectivity index (χ0) is 22.4. The van der Waals surface area contributed by atoms with Crippen LogP contribution in [0.3, 0.4) is 0 Å². The van der Waals surface area contributed by atoms with Crippen LogP contribution in [-0.4, -0.2) is 16.7 Å². The molecule has 3 rings (SSSR count). The number of nitrogens with zero attached hydrogens (tertiary/aromatic N) is 1. The second kappa shape index (κ2) is 9.40. The summed E-state index contributed by atoms with van der Waals surface area (Å²) in [5.41, 5.74) is -0.481.